The van der Waals surface area contributed by atoms with Gasteiger partial charge in [0.1, 0.15) is 10.6 Å². The standard InChI is InChI=1S/C25H21N6O6PS/c32-38(33,34)37-31-39(35,36)20-13-18(14-26-16-20)24-22-11-6-10-21(17-7-2-1-3-8-17)23(22)25(30-29-24)28-15-19-9-4-5-12-27-19/h1-14,16,31H,15H2,(H,28,30)(H2,32,33,34). The van der Waals surface area contributed by atoms with Crippen LogP contribution in [0.2, 0.25) is 0 Å². The van der Waals surface area contributed by atoms with Gasteiger partial charge in [0.05, 0.1) is 12.2 Å². The molecule has 4 N–H and O–H groups in total. The molecule has 0 aliphatic heterocycles. The molecule has 0 unspecified atom stereocenters. The highest BCUT2D eigenvalue weighted by molar-refractivity contribution is 7.89. The van der Waals surface area contributed by atoms with Crippen LogP contribution in [-0.4, -0.2) is 38.4 Å². The molecular weight excluding hydrogens is 543 g/mol. The lowest BCUT2D eigenvalue weighted by molar-refractivity contribution is 0.169. The van der Waals surface area contributed by atoms with Crippen LogP contribution in [0.15, 0.2) is 96.3 Å². The van der Waals surface area contributed by atoms with E-state index >= 15 is 0 Å². The number of phosphoric acid groups is 1. The first-order chi connectivity index (χ1) is 18.7. The number of anilines is 1. The van der Waals surface area contributed by atoms with E-state index in [0.29, 0.717) is 29.0 Å². The topological polar surface area (TPSA) is 177 Å². The van der Waals surface area contributed by atoms with Gasteiger partial charge >= 0.3 is 7.82 Å². The molecule has 12 nitrogen and oxygen atoms in total. The molecule has 14 heteroatoms. The van der Waals surface area contributed by atoms with E-state index in [9.17, 15) is 13.0 Å². The van der Waals surface area contributed by atoms with Gasteiger partial charge < -0.3 is 15.1 Å². The smallest absolute Gasteiger partial charge is 0.362 e. The molecule has 0 fully saturated rings. The van der Waals surface area contributed by atoms with Crippen LogP contribution in [0, 0.1) is 0 Å². The van der Waals surface area contributed by atoms with Crippen molar-refractivity contribution in [3.05, 3.63) is 97.1 Å². The molecule has 2 aromatic carbocycles. The molecule has 0 radical (unpaired) electrons. The van der Waals surface area contributed by atoms with Crippen molar-refractivity contribution >= 4 is 34.4 Å². The van der Waals surface area contributed by atoms with Crippen LogP contribution >= 0.6 is 7.82 Å². The Morgan fingerprint density at radius 3 is 2.44 bits per heavy atom. The molecule has 5 aromatic rings. The summed E-state index contributed by atoms with van der Waals surface area (Å²) in [7, 11) is -9.57. The number of hydrogen-bond donors (Lipinski definition) is 4. The molecule has 0 saturated carbocycles. The summed E-state index contributed by atoms with van der Waals surface area (Å²) in [5.74, 6) is 0.507. The van der Waals surface area contributed by atoms with Crippen molar-refractivity contribution in [3.8, 4) is 22.4 Å². The summed E-state index contributed by atoms with van der Waals surface area (Å²) in [5, 5.41) is 13.6. The lowest BCUT2D eigenvalue weighted by atomic mass is 9.97. The quantitative estimate of drug-likeness (QED) is 0.152. The highest BCUT2D eigenvalue weighted by Gasteiger charge is 2.23. The SMILES string of the molecule is O=P(O)(O)ONS(=O)(=O)c1cncc(-c2nnc(NCc3ccccn3)c3c(-c4ccccc4)cccc23)c1. The fourth-order valence-corrected chi connectivity index (χ4v) is 5.28. The van der Waals surface area contributed by atoms with Crippen LogP contribution in [0.4, 0.5) is 5.82 Å². The Hall–Kier alpha value is -4.10. The van der Waals surface area contributed by atoms with Gasteiger partial charge in [-0.05, 0) is 29.3 Å². The van der Waals surface area contributed by atoms with Crippen LogP contribution in [0.3, 0.4) is 0 Å². The third kappa shape index (κ3) is 6.15. The van der Waals surface area contributed by atoms with Crippen molar-refractivity contribution in [1.82, 2.24) is 25.1 Å². The van der Waals surface area contributed by atoms with Gasteiger partial charge in [-0.15, -0.1) is 10.2 Å². The highest BCUT2D eigenvalue weighted by Crippen LogP contribution is 2.38. The summed E-state index contributed by atoms with van der Waals surface area (Å²) in [4.78, 5) is 27.1. The van der Waals surface area contributed by atoms with Gasteiger partial charge in [0, 0.05) is 34.9 Å². The minimum absolute atomic E-state index is 0.313. The van der Waals surface area contributed by atoms with Gasteiger partial charge in [0.2, 0.25) is 0 Å². The maximum Gasteiger partial charge on any atom is 0.487 e. The Kier molecular flexibility index (Phi) is 7.44. The number of fused-ring (bicyclic) bond motifs is 1. The zero-order chi connectivity index (χ0) is 27.5. The van der Waals surface area contributed by atoms with Crippen molar-refractivity contribution in [2.24, 2.45) is 0 Å². The van der Waals surface area contributed by atoms with E-state index in [1.54, 1.807) is 6.20 Å². The van der Waals surface area contributed by atoms with Crippen LogP contribution in [0.5, 0.6) is 0 Å². The fraction of sp³-hybridized carbons (Fsp3) is 0.0400. The van der Waals surface area contributed by atoms with Crippen LogP contribution in [0.25, 0.3) is 33.2 Å². The number of nitrogens with zero attached hydrogens (tertiary/aromatic N) is 4. The average Bonchev–Trinajstić information content (AvgIpc) is 2.95. The Labute approximate surface area is 223 Å². The molecule has 5 rings (SSSR count). The number of hydrogen-bond acceptors (Lipinski definition) is 9. The average molecular weight is 565 g/mol. The number of nitrogens with one attached hydrogen (secondary N) is 2. The Morgan fingerprint density at radius 1 is 0.897 bits per heavy atom. The second-order valence-corrected chi connectivity index (χ2v) is 11.1. The van der Waals surface area contributed by atoms with Crippen molar-refractivity contribution in [2.75, 3.05) is 5.32 Å². The second-order valence-electron chi connectivity index (χ2n) is 8.24. The summed E-state index contributed by atoms with van der Waals surface area (Å²) >= 11 is 0. The van der Waals surface area contributed by atoms with E-state index < -0.39 is 17.8 Å². The van der Waals surface area contributed by atoms with Crippen LogP contribution in [-0.2, 0) is 25.8 Å². The minimum atomic E-state index is -5.10. The van der Waals surface area contributed by atoms with Crippen LogP contribution in [0.1, 0.15) is 5.69 Å². The lowest BCUT2D eigenvalue weighted by Gasteiger charge is -2.15. The molecular formula is C25H21N6O6PS. The zero-order valence-corrected chi connectivity index (χ0v) is 21.8. The fourth-order valence-electron chi connectivity index (χ4n) is 3.92. The Morgan fingerprint density at radius 2 is 1.69 bits per heavy atom. The summed E-state index contributed by atoms with van der Waals surface area (Å²) in [6.45, 7) is 0.396. The molecule has 0 atom stereocenters. The first kappa shape index (κ1) is 26.5. The van der Waals surface area contributed by atoms with E-state index in [1.165, 1.54) is 17.1 Å². The first-order valence-electron chi connectivity index (χ1n) is 11.4. The molecule has 3 heterocycles. The highest BCUT2D eigenvalue weighted by atomic mass is 32.2. The second kappa shape index (κ2) is 10.9. The van der Waals surface area contributed by atoms with Gasteiger partial charge in [-0.3, -0.25) is 9.97 Å². The third-order valence-electron chi connectivity index (χ3n) is 5.62. The molecule has 39 heavy (non-hydrogen) atoms. The predicted molar refractivity (Wildman–Crippen MR) is 143 cm³/mol. The number of aromatic nitrogens is 4. The third-order valence-corrected chi connectivity index (χ3v) is 7.22. The number of rotatable bonds is 9. The van der Waals surface area contributed by atoms with Crippen LogP contribution < -0.4 is 10.2 Å². The minimum Gasteiger partial charge on any atom is -0.362 e. The summed E-state index contributed by atoms with van der Waals surface area (Å²) < 4.78 is 40.1. The first-order valence-corrected chi connectivity index (χ1v) is 14.4. The maximum absolute atomic E-state index is 12.6. The molecule has 3 aromatic heterocycles. The number of sulfonamides is 1. The summed E-state index contributed by atoms with van der Waals surface area (Å²) in [6, 6.07) is 22.2. The maximum atomic E-state index is 12.6. The van der Waals surface area contributed by atoms with Gasteiger partial charge in [-0.25, -0.2) is 13.0 Å². The van der Waals surface area contributed by atoms with Crippen molar-refractivity contribution in [3.63, 3.8) is 0 Å². The lowest BCUT2D eigenvalue weighted by Crippen LogP contribution is -2.23. The van der Waals surface area contributed by atoms with E-state index in [-0.39, 0.29) is 4.90 Å². The van der Waals surface area contributed by atoms with Gasteiger partial charge in [0.25, 0.3) is 10.0 Å². The van der Waals surface area contributed by atoms with E-state index in [0.717, 1.165) is 28.4 Å². The summed E-state index contributed by atoms with van der Waals surface area (Å²) in [5.41, 5.74) is 3.29. The normalized spacial score (nSPS) is 11.9. The Balaban J connectivity index is 1.62. The molecule has 0 spiro atoms. The molecule has 0 aliphatic rings. The van der Waals surface area contributed by atoms with Crippen molar-refractivity contribution in [1.29, 1.82) is 0 Å². The van der Waals surface area contributed by atoms with E-state index in [1.807, 2.05) is 66.7 Å². The zero-order valence-electron chi connectivity index (χ0n) is 20.0. The van der Waals surface area contributed by atoms with Gasteiger partial charge in [0.15, 0.2) is 5.82 Å². The molecule has 0 aliphatic carbocycles. The molecule has 0 amide bonds. The van der Waals surface area contributed by atoms with E-state index in [2.05, 4.69) is 30.1 Å². The number of pyridine rings is 2. The molecule has 0 saturated heterocycles. The van der Waals surface area contributed by atoms with Crippen molar-refractivity contribution < 1.29 is 27.4 Å². The predicted octanol–water partition coefficient (Wildman–Crippen LogP) is 3.67. The number of benzene rings is 2. The summed E-state index contributed by atoms with van der Waals surface area (Å²) in [6.07, 6.45) is 4.14. The van der Waals surface area contributed by atoms with Gasteiger partial charge in [-0.1, -0.05) is 59.5 Å². The molecule has 0 bridgehead atoms. The molecule has 198 valence electrons. The monoisotopic (exact) mass is 564 g/mol. The van der Waals surface area contributed by atoms with E-state index in [4.69, 9.17) is 9.79 Å². The van der Waals surface area contributed by atoms with Gasteiger partial charge in [-0.2, -0.15) is 4.62 Å². The Bertz CT molecular complexity index is 1790. The largest absolute Gasteiger partial charge is 0.487 e. The van der Waals surface area contributed by atoms with Crippen molar-refractivity contribution in [2.45, 2.75) is 11.4 Å².